The molecule has 0 aromatic carbocycles. The molecular formula is C12H19NO4. The molecule has 0 aromatic heterocycles. The number of imide groups is 1. The van der Waals surface area contributed by atoms with Crippen LogP contribution in [0.2, 0.25) is 0 Å². The van der Waals surface area contributed by atoms with E-state index in [-0.39, 0.29) is 18.4 Å². The van der Waals surface area contributed by atoms with Crippen molar-refractivity contribution < 1.29 is 19.1 Å². The fraction of sp³-hybridized carbons (Fsp3) is 0.667. The van der Waals surface area contributed by atoms with Gasteiger partial charge in [0.05, 0.1) is 19.8 Å². The molecule has 0 aliphatic carbocycles. The summed E-state index contributed by atoms with van der Waals surface area (Å²) in [5, 5.41) is 0. The van der Waals surface area contributed by atoms with E-state index in [4.69, 9.17) is 9.47 Å². The number of carbonyl (C=O) groups is 2. The first-order valence-electron chi connectivity index (χ1n) is 5.93. The standard InChI is InChI=1S/C10H13NO4.C2H6/c1-7-5-14-10(15-6-7)4-11-8(12)2-3-9(11)13;1-2/h2-3,7,10H,4-6H2,1H3;1-2H3. The SMILES string of the molecule is CC.CC1COC(CN2C(=O)C=CC2=O)OC1. The lowest BCUT2D eigenvalue weighted by Crippen LogP contribution is -2.42. The monoisotopic (exact) mass is 241 g/mol. The molecule has 1 fully saturated rings. The number of carbonyl (C=O) groups excluding carboxylic acids is 2. The number of hydrogen-bond donors (Lipinski definition) is 0. The normalized spacial score (nSPS) is 28.1. The second-order valence-corrected chi connectivity index (χ2v) is 3.82. The molecule has 2 aliphatic heterocycles. The molecule has 5 nitrogen and oxygen atoms in total. The van der Waals surface area contributed by atoms with Crippen LogP contribution in [0, 0.1) is 5.92 Å². The van der Waals surface area contributed by atoms with Gasteiger partial charge in [0.15, 0.2) is 6.29 Å². The molecule has 0 unspecified atom stereocenters. The molecule has 96 valence electrons. The van der Waals surface area contributed by atoms with Gasteiger partial charge in [-0.2, -0.15) is 0 Å². The van der Waals surface area contributed by atoms with Crippen LogP contribution in [0.4, 0.5) is 0 Å². The highest BCUT2D eigenvalue weighted by atomic mass is 16.7. The first-order chi connectivity index (χ1) is 8.16. The molecule has 2 rings (SSSR count). The van der Waals surface area contributed by atoms with E-state index in [0.29, 0.717) is 19.1 Å². The lowest BCUT2D eigenvalue weighted by Gasteiger charge is -2.29. The first kappa shape index (κ1) is 13.9. The summed E-state index contributed by atoms with van der Waals surface area (Å²) in [5.74, 6) is -0.235. The van der Waals surface area contributed by atoms with E-state index in [1.165, 1.54) is 12.2 Å². The van der Waals surface area contributed by atoms with Gasteiger partial charge < -0.3 is 9.47 Å². The lowest BCUT2D eigenvalue weighted by molar-refractivity contribution is -0.204. The number of amides is 2. The van der Waals surface area contributed by atoms with Crippen LogP contribution in [0.1, 0.15) is 20.8 Å². The van der Waals surface area contributed by atoms with Crippen LogP contribution in [-0.2, 0) is 19.1 Å². The smallest absolute Gasteiger partial charge is 0.253 e. The average molecular weight is 241 g/mol. The van der Waals surface area contributed by atoms with Crippen molar-refractivity contribution in [3.63, 3.8) is 0 Å². The Bertz CT molecular complexity index is 288. The van der Waals surface area contributed by atoms with E-state index < -0.39 is 6.29 Å². The van der Waals surface area contributed by atoms with Gasteiger partial charge in [-0.25, -0.2) is 0 Å². The second kappa shape index (κ2) is 6.51. The van der Waals surface area contributed by atoms with E-state index in [9.17, 15) is 9.59 Å². The Kier molecular flexibility index (Phi) is 5.31. The van der Waals surface area contributed by atoms with Crippen molar-refractivity contribution >= 4 is 11.8 Å². The molecule has 0 radical (unpaired) electrons. The molecule has 5 heteroatoms. The van der Waals surface area contributed by atoms with Crippen LogP contribution in [-0.4, -0.2) is 42.8 Å². The zero-order valence-electron chi connectivity index (χ0n) is 10.5. The Hall–Kier alpha value is -1.20. The number of nitrogens with zero attached hydrogens (tertiary/aromatic N) is 1. The Labute approximate surface area is 101 Å². The average Bonchev–Trinajstić information content (AvgIpc) is 2.66. The largest absolute Gasteiger partial charge is 0.350 e. The molecule has 2 heterocycles. The maximum Gasteiger partial charge on any atom is 0.253 e. The van der Waals surface area contributed by atoms with Gasteiger partial charge in [-0.15, -0.1) is 0 Å². The fourth-order valence-electron chi connectivity index (χ4n) is 1.50. The highest BCUT2D eigenvalue weighted by Crippen LogP contribution is 2.13. The molecule has 0 saturated carbocycles. The van der Waals surface area contributed by atoms with Crippen molar-refractivity contribution in [3.05, 3.63) is 12.2 Å². The third kappa shape index (κ3) is 3.64. The zero-order chi connectivity index (χ0) is 12.8. The summed E-state index contributed by atoms with van der Waals surface area (Å²) in [7, 11) is 0. The zero-order valence-corrected chi connectivity index (χ0v) is 10.5. The van der Waals surface area contributed by atoms with Crippen molar-refractivity contribution in [3.8, 4) is 0 Å². The van der Waals surface area contributed by atoms with Crippen LogP contribution in [0.5, 0.6) is 0 Å². The predicted molar refractivity (Wildman–Crippen MR) is 62.1 cm³/mol. The van der Waals surface area contributed by atoms with E-state index in [0.717, 1.165) is 4.90 Å². The second-order valence-electron chi connectivity index (χ2n) is 3.82. The van der Waals surface area contributed by atoms with Crippen LogP contribution in [0.3, 0.4) is 0 Å². The highest BCUT2D eigenvalue weighted by molar-refractivity contribution is 6.12. The van der Waals surface area contributed by atoms with Crippen LogP contribution in [0.25, 0.3) is 0 Å². The Morgan fingerprint density at radius 1 is 1.18 bits per heavy atom. The van der Waals surface area contributed by atoms with Gasteiger partial charge in [0.2, 0.25) is 0 Å². The molecule has 2 aliphatic rings. The minimum atomic E-state index is -0.478. The predicted octanol–water partition coefficient (Wildman–Crippen LogP) is 0.947. The summed E-state index contributed by atoms with van der Waals surface area (Å²) >= 11 is 0. The number of hydrogen-bond acceptors (Lipinski definition) is 4. The molecule has 0 N–H and O–H groups in total. The minimum absolute atomic E-state index is 0.178. The van der Waals surface area contributed by atoms with Crippen molar-refractivity contribution in [1.29, 1.82) is 0 Å². The van der Waals surface area contributed by atoms with Gasteiger partial charge in [0.25, 0.3) is 11.8 Å². The van der Waals surface area contributed by atoms with Gasteiger partial charge in [-0.05, 0) is 0 Å². The Morgan fingerprint density at radius 3 is 2.12 bits per heavy atom. The van der Waals surface area contributed by atoms with Gasteiger partial charge in [0.1, 0.15) is 0 Å². The van der Waals surface area contributed by atoms with Crippen molar-refractivity contribution in [2.75, 3.05) is 19.8 Å². The Morgan fingerprint density at radius 2 is 1.65 bits per heavy atom. The van der Waals surface area contributed by atoms with Crippen LogP contribution < -0.4 is 0 Å². The minimum Gasteiger partial charge on any atom is -0.350 e. The number of ether oxygens (including phenoxy) is 2. The quantitative estimate of drug-likeness (QED) is 0.675. The maximum absolute atomic E-state index is 11.2. The summed E-state index contributed by atoms with van der Waals surface area (Å²) < 4.78 is 10.7. The maximum atomic E-state index is 11.2. The van der Waals surface area contributed by atoms with Gasteiger partial charge in [-0.1, -0.05) is 20.8 Å². The van der Waals surface area contributed by atoms with Crippen molar-refractivity contribution in [1.82, 2.24) is 4.90 Å². The molecule has 0 aromatic rings. The molecule has 2 amide bonds. The first-order valence-corrected chi connectivity index (χ1v) is 5.93. The summed E-state index contributed by atoms with van der Waals surface area (Å²) in [6.45, 7) is 7.41. The van der Waals surface area contributed by atoms with Gasteiger partial charge in [-0.3, -0.25) is 14.5 Å². The van der Waals surface area contributed by atoms with E-state index in [1.54, 1.807) is 0 Å². The van der Waals surface area contributed by atoms with E-state index in [1.807, 2.05) is 20.8 Å². The van der Waals surface area contributed by atoms with Crippen molar-refractivity contribution in [2.45, 2.75) is 27.1 Å². The van der Waals surface area contributed by atoms with Crippen LogP contribution in [0.15, 0.2) is 12.2 Å². The molecule has 0 bridgehead atoms. The highest BCUT2D eigenvalue weighted by Gasteiger charge is 2.29. The van der Waals surface area contributed by atoms with Crippen LogP contribution >= 0.6 is 0 Å². The van der Waals surface area contributed by atoms with Gasteiger partial charge in [0, 0.05) is 18.1 Å². The Balaban J connectivity index is 0.000000686. The lowest BCUT2D eigenvalue weighted by atomic mass is 10.2. The number of rotatable bonds is 2. The summed E-state index contributed by atoms with van der Waals surface area (Å²) in [4.78, 5) is 23.6. The van der Waals surface area contributed by atoms with Gasteiger partial charge >= 0.3 is 0 Å². The molecule has 0 atom stereocenters. The summed E-state index contributed by atoms with van der Waals surface area (Å²) in [5.41, 5.74) is 0. The molecular weight excluding hydrogens is 222 g/mol. The molecule has 17 heavy (non-hydrogen) atoms. The molecule has 1 saturated heterocycles. The third-order valence-corrected chi connectivity index (χ3v) is 2.37. The topological polar surface area (TPSA) is 55.8 Å². The fourth-order valence-corrected chi connectivity index (χ4v) is 1.50. The summed E-state index contributed by atoms with van der Waals surface area (Å²) in [6, 6.07) is 0. The third-order valence-electron chi connectivity index (χ3n) is 2.37. The molecule has 0 spiro atoms. The van der Waals surface area contributed by atoms with Crippen molar-refractivity contribution in [2.24, 2.45) is 5.92 Å². The summed E-state index contributed by atoms with van der Waals surface area (Å²) in [6.07, 6.45) is 2.04. The van der Waals surface area contributed by atoms with E-state index >= 15 is 0 Å². The van der Waals surface area contributed by atoms with E-state index in [2.05, 4.69) is 0 Å².